The van der Waals surface area contributed by atoms with Crippen molar-refractivity contribution in [2.75, 3.05) is 5.73 Å². The summed E-state index contributed by atoms with van der Waals surface area (Å²) < 4.78 is 19.4. The van der Waals surface area contributed by atoms with E-state index in [-0.39, 0.29) is 11.6 Å². The number of hydrogen-bond acceptors (Lipinski definition) is 3. The number of hydrogen-bond donors (Lipinski definition) is 1. The fourth-order valence-electron chi connectivity index (χ4n) is 2.30. The molecule has 0 aliphatic rings. The van der Waals surface area contributed by atoms with Gasteiger partial charge in [-0.15, -0.1) is 0 Å². The minimum Gasteiger partial charge on any atom is -0.380 e. The molecule has 3 rings (SSSR count). The Balaban J connectivity index is 2.21. The summed E-state index contributed by atoms with van der Waals surface area (Å²) in [6.07, 6.45) is 0. The molecule has 1 heterocycles. The first-order chi connectivity index (χ1) is 10.1. The van der Waals surface area contributed by atoms with Gasteiger partial charge in [0.15, 0.2) is 11.6 Å². The molecule has 21 heavy (non-hydrogen) atoms. The van der Waals surface area contributed by atoms with Gasteiger partial charge < -0.3 is 10.3 Å². The van der Waals surface area contributed by atoms with Crippen molar-refractivity contribution in [1.29, 1.82) is 0 Å². The van der Waals surface area contributed by atoms with Crippen LogP contribution in [0.25, 0.3) is 22.5 Å². The first-order valence-corrected chi connectivity index (χ1v) is 6.65. The van der Waals surface area contributed by atoms with E-state index in [4.69, 9.17) is 10.3 Å². The lowest BCUT2D eigenvalue weighted by Crippen LogP contribution is -1.91. The molecule has 0 saturated carbocycles. The molecule has 1 aromatic heterocycles. The van der Waals surface area contributed by atoms with Gasteiger partial charge in [0.1, 0.15) is 5.82 Å². The summed E-state index contributed by atoms with van der Waals surface area (Å²) in [6, 6.07) is 12.7. The zero-order valence-corrected chi connectivity index (χ0v) is 11.9. The van der Waals surface area contributed by atoms with Gasteiger partial charge in [0, 0.05) is 0 Å². The van der Waals surface area contributed by atoms with Crippen molar-refractivity contribution < 1.29 is 8.91 Å². The lowest BCUT2D eigenvalue weighted by molar-refractivity contribution is 0.433. The molecule has 2 N–H and O–H groups in total. The average molecular weight is 282 g/mol. The van der Waals surface area contributed by atoms with E-state index in [0.717, 1.165) is 16.7 Å². The maximum atomic E-state index is 14.1. The number of aryl methyl sites for hydroxylation is 2. The molecule has 0 spiro atoms. The Labute approximate surface area is 122 Å². The highest BCUT2D eigenvalue weighted by Crippen LogP contribution is 2.37. The Bertz CT molecular complexity index is 791. The highest BCUT2D eigenvalue weighted by molar-refractivity contribution is 5.86. The molecule has 0 aliphatic heterocycles. The molecule has 0 radical (unpaired) electrons. The van der Waals surface area contributed by atoms with Gasteiger partial charge in [-0.25, -0.2) is 4.39 Å². The summed E-state index contributed by atoms with van der Waals surface area (Å²) in [5.74, 6) is 0.262. The van der Waals surface area contributed by atoms with Gasteiger partial charge in [-0.3, -0.25) is 0 Å². The molecule has 0 fully saturated rings. The zero-order valence-electron chi connectivity index (χ0n) is 11.9. The molecule has 4 heteroatoms. The van der Waals surface area contributed by atoms with Gasteiger partial charge in [-0.1, -0.05) is 46.6 Å². The number of nitrogens with zero attached hydrogens (tertiary/aromatic N) is 1. The van der Waals surface area contributed by atoms with Crippen LogP contribution in [0.3, 0.4) is 0 Å². The van der Waals surface area contributed by atoms with Gasteiger partial charge >= 0.3 is 0 Å². The molecule has 2 aromatic carbocycles. The van der Waals surface area contributed by atoms with Gasteiger partial charge in [0.2, 0.25) is 0 Å². The summed E-state index contributed by atoms with van der Waals surface area (Å²) in [5.41, 5.74) is 9.84. The molecule has 0 aliphatic carbocycles. The Morgan fingerprint density at radius 2 is 1.67 bits per heavy atom. The smallest absolute Gasteiger partial charge is 0.179 e. The number of rotatable bonds is 2. The fourth-order valence-corrected chi connectivity index (χ4v) is 2.30. The fraction of sp³-hybridized carbons (Fsp3) is 0.118. The summed E-state index contributed by atoms with van der Waals surface area (Å²) in [5, 5.41) is 3.80. The minimum atomic E-state index is -0.356. The third-order valence-electron chi connectivity index (χ3n) is 3.43. The second-order valence-electron chi connectivity index (χ2n) is 5.12. The number of nitrogen functional groups attached to an aromatic ring is 1. The van der Waals surface area contributed by atoms with Crippen molar-refractivity contribution in [2.45, 2.75) is 13.8 Å². The molecule has 3 aromatic rings. The molecular weight excluding hydrogens is 267 g/mol. The molecule has 0 atom stereocenters. The first-order valence-electron chi connectivity index (χ1n) is 6.65. The number of aromatic nitrogens is 1. The van der Waals surface area contributed by atoms with Crippen molar-refractivity contribution >= 4 is 5.82 Å². The lowest BCUT2D eigenvalue weighted by atomic mass is 9.99. The minimum absolute atomic E-state index is 0.259. The summed E-state index contributed by atoms with van der Waals surface area (Å²) in [7, 11) is 0. The van der Waals surface area contributed by atoms with E-state index in [1.807, 2.05) is 38.1 Å². The average Bonchev–Trinajstić information content (AvgIpc) is 2.84. The Kier molecular flexibility index (Phi) is 3.22. The van der Waals surface area contributed by atoms with Crippen LogP contribution in [0.5, 0.6) is 0 Å². The van der Waals surface area contributed by atoms with E-state index >= 15 is 0 Å². The van der Waals surface area contributed by atoms with Crippen LogP contribution >= 0.6 is 0 Å². The topological polar surface area (TPSA) is 52.0 Å². The van der Waals surface area contributed by atoms with Crippen molar-refractivity contribution in [2.24, 2.45) is 0 Å². The largest absolute Gasteiger partial charge is 0.380 e. The van der Waals surface area contributed by atoms with Gasteiger partial charge in [0.25, 0.3) is 0 Å². The molecule has 0 amide bonds. The number of benzene rings is 2. The maximum Gasteiger partial charge on any atom is 0.179 e. The van der Waals surface area contributed by atoms with Crippen molar-refractivity contribution in [3.63, 3.8) is 0 Å². The first kappa shape index (κ1) is 13.4. The standard InChI is InChI=1S/C17H15FN2O/c1-10-3-6-12(7-4-10)15-16(21-20-17(15)19)13-9-11(2)5-8-14(13)18/h3-9H,1-2H3,(H2,19,20). The van der Waals surface area contributed by atoms with Gasteiger partial charge in [-0.2, -0.15) is 0 Å². The maximum absolute atomic E-state index is 14.1. The van der Waals surface area contributed by atoms with Crippen LogP contribution in [0.1, 0.15) is 11.1 Å². The van der Waals surface area contributed by atoms with E-state index in [1.54, 1.807) is 12.1 Å². The summed E-state index contributed by atoms with van der Waals surface area (Å²) >= 11 is 0. The van der Waals surface area contributed by atoms with E-state index in [2.05, 4.69) is 5.16 Å². The Hall–Kier alpha value is -2.62. The second kappa shape index (κ2) is 5.05. The van der Waals surface area contributed by atoms with Crippen LogP contribution in [0.4, 0.5) is 10.2 Å². The predicted molar refractivity (Wildman–Crippen MR) is 81.2 cm³/mol. The van der Waals surface area contributed by atoms with Crippen LogP contribution < -0.4 is 5.73 Å². The zero-order chi connectivity index (χ0) is 15.0. The number of halogens is 1. The van der Waals surface area contributed by atoms with Gasteiger partial charge in [0.05, 0.1) is 11.1 Å². The number of anilines is 1. The SMILES string of the molecule is Cc1ccc(-c2c(N)noc2-c2cc(C)ccc2F)cc1. The Morgan fingerprint density at radius 1 is 1.00 bits per heavy atom. The molecular formula is C17H15FN2O. The monoisotopic (exact) mass is 282 g/mol. The normalized spacial score (nSPS) is 10.8. The third kappa shape index (κ3) is 2.40. The van der Waals surface area contributed by atoms with Crippen molar-refractivity contribution in [3.05, 3.63) is 59.4 Å². The van der Waals surface area contributed by atoms with Crippen molar-refractivity contribution in [1.82, 2.24) is 5.16 Å². The van der Waals surface area contributed by atoms with Crippen LogP contribution in [0.15, 0.2) is 47.0 Å². The van der Waals surface area contributed by atoms with Gasteiger partial charge in [-0.05, 0) is 31.5 Å². The molecule has 0 saturated heterocycles. The van der Waals surface area contributed by atoms with Crippen LogP contribution in [-0.2, 0) is 0 Å². The molecule has 3 nitrogen and oxygen atoms in total. The number of nitrogens with two attached hydrogens (primary N) is 1. The summed E-state index contributed by atoms with van der Waals surface area (Å²) in [4.78, 5) is 0. The second-order valence-corrected chi connectivity index (χ2v) is 5.12. The van der Waals surface area contributed by atoms with E-state index in [1.165, 1.54) is 6.07 Å². The quantitative estimate of drug-likeness (QED) is 0.760. The van der Waals surface area contributed by atoms with E-state index in [0.29, 0.717) is 16.9 Å². The van der Waals surface area contributed by atoms with Crippen LogP contribution in [-0.4, -0.2) is 5.16 Å². The van der Waals surface area contributed by atoms with Crippen molar-refractivity contribution in [3.8, 4) is 22.5 Å². The van der Waals surface area contributed by atoms with E-state index in [9.17, 15) is 4.39 Å². The Morgan fingerprint density at radius 3 is 2.38 bits per heavy atom. The van der Waals surface area contributed by atoms with Crippen LogP contribution in [0, 0.1) is 19.7 Å². The highest BCUT2D eigenvalue weighted by Gasteiger charge is 2.20. The highest BCUT2D eigenvalue weighted by atomic mass is 19.1. The lowest BCUT2D eigenvalue weighted by Gasteiger charge is -2.05. The molecule has 0 unspecified atom stereocenters. The predicted octanol–water partition coefficient (Wildman–Crippen LogP) is 4.35. The molecule has 0 bridgehead atoms. The van der Waals surface area contributed by atoms with E-state index < -0.39 is 0 Å². The summed E-state index contributed by atoms with van der Waals surface area (Å²) in [6.45, 7) is 3.90. The van der Waals surface area contributed by atoms with Crippen LogP contribution in [0.2, 0.25) is 0 Å². The molecule has 106 valence electrons. The third-order valence-corrected chi connectivity index (χ3v) is 3.43.